The van der Waals surface area contributed by atoms with Crippen LogP contribution in [0.5, 0.6) is 11.8 Å². The summed E-state index contributed by atoms with van der Waals surface area (Å²) in [5, 5.41) is 3.99. The summed E-state index contributed by atoms with van der Waals surface area (Å²) in [6.07, 6.45) is -0.791. The second-order valence-corrected chi connectivity index (χ2v) is 13.0. The molecule has 4 saturated heterocycles. The number of morpholine rings is 1. The zero-order valence-electron chi connectivity index (χ0n) is 25.2. The SMILES string of the molecule is C[C@@H]1Oc2nc(-c3cc(N)c(F)c(F)c3CC(F)F)c(F)c3cc(OC[C@@H]4CC[C@H]5COCCN54)nc(c23)N2C[C@H]3CC[C@H](N3)[C@@H]12. The molecule has 0 aliphatic carbocycles. The first kappa shape index (κ1) is 29.9. The minimum atomic E-state index is -3.03. The van der Waals surface area contributed by atoms with Crippen molar-refractivity contribution in [2.24, 2.45) is 0 Å². The molecule has 0 amide bonds. The number of benzene rings is 1. The molecule has 9 nitrogen and oxygen atoms in total. The highest BCUT2D eigenvalue weighted by Gasteiger charge is 2.47. The van der Waals surface area contributed by atoms with E-state index in [1.807, 2.05) is 6.92 Å². The zero-order chi connectivity index (χ0) is 31.9. The van der Waals surface area contributed by atoms with Gasteiger partial charge >= 0.3 is 0 Å². The van der Waals surface area contributed by atoms with Crippen LogP contribution in [0.15, 0.2) is 12.1 Å². The van der Waals surface area contributed by atoms with Crippen molar-refractivity contribution in [2.75, 3.05) is 43.5 Å². The third-order valence-electron chi connectivity index (χ3n) is 10.3. The fourth-order valence-corrected chi connectivity index (χ4v) is 8.22. The van der Waals surface area contributed by atoms with Gasteiger partial charge in [-0.2, -0.15) is 4.98 Å². The lowest BCUT2D eigenvalue weighted by atomic mass is 9.97. The lowest BCUT2D eigenvalue weighted by Crippen LogP contribution is -2.62. The van der Waals surface area contributed by atoms with Gasteiger partial charge in [-0.05, 0) is 38.7 Å². The third kappa shape index (κ3) is 4.82. The van der Waals surface area contributed by atoms with Crippen molar-refractivity contribution >= 4 is 22.3 Å². The summed E-state index contributed by atoms with van der Waals surface area (Å²) < 4.78 is 92.0. The Hall–Kier alpha value is -3.49. The minimum Gasteiger partial charge on any atom is -0.476 e. The molecule has 0 unspecified atom stereocenters. The van der Waals surface area contributed by atoms with E-state index in [4.69, 9.17) is 24.9 Å². The van der Waals surface area contributed by atoms with Crippen LogP contribution in [-0.2, 0) is 11.2 Å². The number of piperazine rings is 1. The number of nitrogen functional groups attached to an aromatic ring is 1. The molecule has 0 saturated carbocycles. The predicted molar refractivity (Wildman–Crippen MR) is 160 cm³/mol. The Kier molecular flexibility index (Phi) is 7.37. The van der Waals surface area contributed by atoms with Gasteiger partial charge in [-0.1, -0.05) is 0 Å². The van der Waals surface area contributed by atoms with E-state index in [0.29, 0.717) is 43.6 Å². The highest BCUT2D eigenvalue weighted by atomic mass is 19.3. The van der Waals surface area contributed by atoms with Gasteiger partial charge in [0.1, 0.15) is 24.2 Å². The first-order valence-corrected chi connectivity index (χ1v) is 15.9. The number of nitrogens with one attached hydrogen (secondary N) is 1. The second-order valence-electron chi connectivity index (χ2n) is 13.0. The summed E-state index contributed by atoms with van der Waals surface area (Å²) in [6.45, 7) is 4.99. The molecule has 5 aliphatic heterocycles. The molecule has 4 fully saturated rings. The Morgan fingerprint density at radius 1 is 1.09 bits per heavy atom. The first-order valence-electron chi connectivity index (χ1n) is 15.9. The molecule has 246 valence electrons. The number of hydrogen-bond donors (Lipinski definition) is 2. The molecule has 5 aliphatic rings. The predicted octanol–water partition coefficient (Wildman–Crippen LogP) is 4.44. The van der Waals surface area contributed by atoms with Crippen LogP contribution in [-0.4, -0.2) is 90.5 Å². The van der Waals surface area contributed by atoms with Crippen LogP contribution >= 0.6 is 0 Å². The highest BCUT2D eigenvalue weighted by Crippen LogP contribution is 2.46. The van der Waals surface area contributed by atoms with E-state index < -0.39 is 53.3 Å². The van der Waals surface area contributed by atoms with E-state index in [1.54, 1.807) is 0 Å². The molecule has 1 aromatic carbocycles. The molecule has 0 spiro atoms. The molecular formula is C32H35F5N6O3. The van der Waals surface area contributed by atoms with Crippen molar-refractivity contribution in [1.82, 2.24) is 20.2 Å². The Labute approximate surface area is 262 Å². The zero-order valence-corrected chi connectivity index (χ0v) is 25.2. The number of aromatic nitrogens is 2. The summed E-state index contributed by atoms with van der Waals surface area (Å²) in [7, 11) is 0. The van der Waals surface area contributed by atoms with Gasteiger partial charge in [0.25, 0.3) is 0 Å². The second kappa shape index (κ2) is 11.3. The number of rotatable bonds is 6. The molecule has 3 N–H and O–H groups in total. The molecule has 3 aromatic rings. The molecule has 14 heteroatoms. The van der Waals surface area contributed by atoms with Gasteiger partial charge in [-0.25, -0.2) is 26.9 Å². The number of halogens is 5. The Balaban J connectivity index is 1.28. The summed E-state index contributed by atoms with van der Waals surface area (Å²) in [4.78, 5) is 13.9. The Morgan fingerprint density at radius 3 is 2.76 bits per heavy atom. The topological polar surface area (TPSA) is 98.0 Å². The van der Waals surface area contributed by atoms with Crippen LogP contribution in [0.4, 0.5) is 33.5 Å². The van der Waals surface area contributed by atoms with Crippen LogP contribution in [0.25, 0.3) is 22.0 Å². The molecular weight excluding hydrogens is 611 g/mol. The molecule has 46 heavy (non-hydrogen) atoms. The number of anilines is 2. The van der Waals surface area contributed by atoms with Crippen LogP contribution in [0, 0.1) is 17.5 Å². The van der Waals surface area contributed by atoms with Gasteiger partial charge in [0.2, 0.25) is 18.2 Å². The van der Waals surface area contributed by atoms with Crippen molar-refractivity contribution in [2.45, 2.75) is 81.8 Å². The Morgan fingerprint density at radius 2 is 1.93 bits per heavy atom. The standard InChI is InChI=1S/C32H35F5N6O3/c1-14-30-22-5-2-15(39-22)11-43(30)31-25-20(10-24(40-31)45-13-17-4-3-16-12-44-7-6-42(16)17)27(36)29(41-32(25)46-14)19-8-21(38)28(37)26(35)18(19)9-23(33)34/h8,10,14-17,22-23,30,39H,2-7,9,11-13,38H2,1H3/t14-,15+,16-,17-,22-,30+/m0/s1. The minimum absolute atomic E-state index is 0.0245. The van der Waals surface area contributed by atoms with Gasteiger partial charge in [0.05, 0.1) is 30.3 Å². The van der Waals surface area contributed by atoms with Crippen molar-refractivity contribution in [3.63, 3.8) is 0 Å². The number of ether oxygens (including phenoxy) is 3. The fraction of sp³-hybridized carbons (Fsp3) is 0.562. The largest absolute Gasteiger partial charge is 0.476 e. The fourth-order valence-electron chi connectivity index (χ4n) is 8.22. The van der Waals surface area contributed by atoms with E-state index in [-0.39, 0.29) is 46.9 Å². The van der Waals surface area contributed by atoms with Crippen LogP contribution in [0.1, 0.15) is 38.2 Å². The van der Waals surface area contributed by atoms with Crippen molar-refractivity contribution < 1.29 is 36.2 Å². The van der Waals surface area contributed by atoms with Crippen molar-refractivity contribution in [1.29, 1.82) is 0 Å². The summed E-state index contributed by atoms with van der Waals surface area (Å²) in [6, 6.07) is 3.03. The van der Waals surface area contributed by atoms with Crippen molar-refractivity contribution in [3.8, 4) is 23.0 Å². The van der Waals surface area contributed by atoms with Crippen LogP contribution in [0.2, 0.25) is 0 Å². The normalized spacial score (nSPS) is 28.7. The number of nitrogens with zero attached hydrogens (tertiary/aromatic N) is 4. The average Bonchev–Trinajstić information content (AvgIpc) is 3.60. The maximum atomic E-state index is 16.8. The summed E-state index contributed by atoms with van der Waals surface area (Å²) in [5.74, 6) is -3.28. The van der Waals surface area contributed by atoms with E-state index >= 15 is 8.78 Å². The van der Waals surface area contributed by atoms with E-state index in [2.05, 4.69) is 20.1 Å². The number of hydrogen-bond acceptors (Lipinski definition) is 9. The molecule has 7 heterocycles. The number of fused-ring (bicyclic) bond motifs is 6. The van der Waals surface area contributed by atoms with Crippen LogP contribution < -0.4 is 25.4 Å². The van der Waals surface area contributed by atoms with Gasteiger partial charge in [-0.3, -0.25) is 4.90 Å². The first-order chi connectivity index (χ1) is 22.2. The van der Waals surface area contributed by atoms with E-state index in [0.717, 1.165) is 38.3 Å². The number of alkyl halides is 2. The van der Waals surface area contributed by atoms with Gasteiger partial charge in [0.15, 0.2) is 17.5 Å². The monoisotopic (exact) mass is 646 g/mol. The van der Waals surface area contributed by atoms with E-state index in [1.165, 1.54) is 6.07 Å². The Bertz CT molecular complexity index is 1700. The highest BCUT2D eigenvalue weighted by molar-refractivity contribution is 6.00. The number of nitrogens with two attached hydrogens (primary N) is 1. The average molecular weight is 647 g/mol. The summed E-state index contributed by atoms with van der Waals surface area (Å²) in [5.41, 5.74) is 3.52. The molecule has 2 aromatic heterocycles. The van der Waals surface area contributed by atoms with Crippen molar-refractivity contribution in [3.05, 3.63) is 35.1 Å². The summed E-state index contributed by atoms with van der Waals surface area (Å²) >= 11 is 0. The maximum Gasteiger partial charge on any atom is 0.242 e. The molecule has 0 radical (unpaired) electrons. The quantitative estimate of drug-likeness (QED) is 0.298. The van der Waals surface area contributed by atoms with Gasteiger partial charge < -0.3 is 30.2 Å². The lowest BCUT2D eigenvalue weighted by Gasteiger charge is -2.42. The van der Waals surface area contributed by atoms with E-state index in [9.17, 15) is 13.2 Å². The maximum absolute atomic E-state index is 16.8. The van der Waals surface area contributed by atoms with Crippen LogP contribution in [0.3, 0.4) is 0 Å². The molecule has 6 atom stereocenters. The van der Waals surface area contributed by atoms with Gasteiger partial charge in [-0.15, -0.1) is 0 Å². The smallest absolute Gasteiger partial charge is 0.242 e. The molecule has 8 rings (SSSR count). The number of pyridine rings is 2. The lowest BCUT2D eigenvalue weighted by molar-refractivity contribution is -0.00980. The van der Waals surface area contributed by atoms with Gasteiger partial charge in [0, 0.05) is 66.3 Å². The molecule has 2 bridgehead atoms. The third-order valence-corrected chi connectivity index (χ3v) is 10.3.